The molecule has 0 atom stereocenters. The van der Waals surface area contributed by atoms with Crippen molar-refractivity contribution >= 4 is 11.7 Å². The van der Waals surface area contributed by atoms with Gasteiger partial charge in [0, 0.05) is 24.9 Å². The van der Waals surface area contributed by atoms with E-state index in [1.54, 1.807) is 0 Å². The van der Waals surface area contributed by atoms with E-state index in [1.807, 2.05) is 11.8 Å². The van der Waals surface area contributed by atoms with Gasteiger partial charge in [0.1, 0.15) is 5.84 Å². The summed E-state index contributed by atoms with van der Waals surface area (Å²) in [5.41, 5.74) is 5.43. The number of amidine groups is 1. The fourth-order valence-electron chi connectivity index (χ4n) is 2.31. The van der Waals surface area contributed by atoms with Crippen LogP contribution >= 0.6 is 0 Å². The molecule has 5 heteroatoms. The highest BCUT2D eigenvalue weighted by atomic mass is 16.4. The van der Waals surface area contributed by atoms with Gasteiger partial charge < -0.3 is 15.8 Å². The molecule has 1 rings (SSSR count). The van der Waals surface area contributed by atoms with Gasteiger partial charge in [0.15, 0.2) is 0 Å². The lowest BCUT2D eigenvalue weighted by atomic mass is 9.79. The topological polar surface area (TPSA) is 78.9 Å². The van der Waals surface area contributed by atoms with E-state index in [1.165, 1.54) is 0 Å². The summed E-state index contributed by atoms with van der Waals surface area (Å²) < 4.78 is 0. The number of oxime groups is 1. The first-order valence-corrected chi connectivity index (χ1v) is 6.79. The van der Waals surface area contributed by atoms with Crippen LogP contribution in [0.25, 0.3) is 0 Å². The number of nitrogens with zero attached hydrogens (tertiary/aromatic N) is 2. The van der Waals surface area contributed by atoms with Gasteiger partial charge in [0.2, 0.25) is 5.91 Å². The molecule has 1 saturated heterocycles. The largest absolute Gasteiger partial charge is 0.409 e. The number of piperidine rings is 1. The van der Waals surface area contributed by atoms with Crippen LogP contribution in [0.1, 0.15) is 52.4 Å². The second kappa shape index (κ2) is 6.61. The lowest BCUT2D eigenvalue weighted by Crippen LogP contribution is -2.47. The van der Waals surface area contributed by atoms with Crippen molar-refractivity contribution in [3.05, 3.63) is 0 Å². The van der Waals surface area contributed by atoms with Crippen molar-refractivity contribution in [1.82, 2.24) is 4.90 Å². The third-order valence-electron chi connectivity index (χ3n) is 3.94. The molecular formula is C13H25N3O2. The van der Waals surface area contributed by atoms with Crippen LogP contribution in [0.15, 0.2) is 5.16 Å². The second-order valence-electron chi connectivity index (χ2n) is 5.38. The molecule has 0 spiro atoms. The van der Waals surface area contributed by atoms with Crippen LogP contribution in [0.5, 0.6) is 0 Å². The molecule has 1 amide bonds. The van der Waals surface area contributed by atoms with Crippen LogP contribution < -0.4 is 5.73 Å². The molecule has 0 aliphatic carbocycles. The summed E-state index contributed by atoms with van der Waals surface area (Å²) in [5.74, 6) is 0.519. The van der Waals surface area contributed by atoms with Crippen molar-refractivity contribution in [3.63, 3.8) is 0 Å². The van der Waals surface area contributed by atoms with Crippen LogP contribution in [0.4, 0.5) is 0 Å². The average Bonchev–Trinajstić information content (AvgIpc) is 2.38. The normalized spacial score (nSPS) is 19.9. The fraction of sp³-hybridized carbons (Fsp3) is 0.846. The molecule has 1 fully saturated rings. The zero-order chi connectivity index (χ0) is 13.6. The van der Waals surface area contributed by atoms with Gasteiger partial charge >= 0.3 is 0 Å². The Morgan fingerprint density at radius 2 is 2.00 bits per heavy atom. The van der Waals surface area contributed by atoms with Gasteiger partial charge in [-0.2, -0.15) is 0 Å². The maximum absolute atomic E-state index is 11.9. The Morgan fingerprint density at radius 3 is 2.50 bits per heavy atom. The number of carbonyl (C=O) groups excluding carboxylic acids is 1. The molecule has 104 valence electrons. The van der Waals surface area contributed by atoms with Gasteiger partial charge in [-0.05, 0) is 19.3 Å². The first kappa shape index (κ1) is 14.8. The molecule has 0 radical (unpaired) electrons. The maximum atomic E-state index is 11.9. The van der Waals surface area contributed by atoms with Crippen molar-refractivity contribution in [2.75, 3.05) is 13.1 Å². The number of likely N-dealkylation sites (tertiary alicyclic amines) is 1. The standard InChI is InChI=1S/C13H25N3O2/c1-3-4-5-6-11(17)16-9-7-13(2,8-10-16)12(14)15-18/h18H,3-10H2,1-2H3,(H2,14,15). The molecule has 1 aliphatic rings. The van der Waals surface area contributed by atoms with E-state index in [2.05, 4.69) is 12.1 Å². The summed E-state index contributed by atoms with van der Waals surface area (Å²) in [6.45, 7) is 5.53. The lowest BCUT2D eigenvalue weighted by molar-refractivity contribution is -0.133. The summed E-state index contributed by atoms with van der Waals surface area (Å²) in [6, 6.07) is 0. The lowest BCUT2D eigenvalue weighted by Gasteiger charge is -2.38. The van der Waals surface area contributed by atoms with Crippen LogP contribution in [0.3, 0.4) is 0 Å². The summed E-state index contributed by atoms with van der Waals surface area (Å²) in [5, 5.41) is 11.9. The zero-order valence-corrected chi connectivity index (χ0v) is 11.5. The summed E-state index contributed by atoms with van der Waals surface area (Å²) in [4.78, 5) is 13.8. The Hall–Kier alpha value is -1.26. The first-order chi connectivity index (χ1) is 8.53. The summed E-state index contributed by atoms with van der Waals surface area (Å²) in [6.07, 6.45) is 5.40. The molecule has 3 N–H and O–H groups in total. The second-order valence-corrected chi connectivity index (χ2v) is 5.38. The van der Waals surface area contributed by atoms with E-state index < -0.39 is 0 Å². The molecular weight excluding hydrogens is 230 g/mol. The molecule has 1 heterocycles. The van der Waals surface area contributed by atoms with E-state index in [0.29, 0.717) is 19.5 Å². The third kappa shape index (κ3) is 3.62. The summed E-state index contributed by atoms with van der Waals surface area (Å²) >= 11 is 0. The van der Waals surface area contributed by atoms with Gasteiger partial charge in [-0.15, -0.1) is 0 Å². The number of hydrogen-bond acceptors (Lipinski definition) is 3. The number of unbranched alkanes of at least 4 members (excludes halogenated alkanes) is 2. The van der Waals surface area contributed by atoms with Crippen molar-refractivity contribution in [3.8, 4) is 0 Å². The van der Waals surface area contributed by atoms with E-state index in [4.69, 9.17) is 10.9 Å². The Morgan fingerprint density at radius 1 is 1.39 bits per heavy atom. The SMILES string of the molecule is CCCCCC(=O)N1CCC(C)(C(N)=NO)CC1. The van der Waals surface area contributed by atoms with E-state index in [0.717, 1.165) is 32.1 Å². The van der Waals surface area contributed by atoms with Crippen molar-refractivity contribution < 1.29 is 10.0 Å². The molecule has 0 unspecified atom stereocenters. The number of carbonyl (C=O) groups is 1. The van der Waals surface area contributed by atoms with Gasteiger partial charge in [-0.1, -0.05) is 31.8 Å². The van der Waals surface area contributed by atoms with E-state index in [-0.39, 0.29) is 17.2 Å². The minimum atomic E-state index is -0.269. The van der Waals surface area contributed by atoms with Crippen LogP contribution in [0.2, 0.25) is 0 Å². The Bertz CT molecular complexity index is 307. The van der Waals surface area contributed by atoms with E-state index in [9.17, 15) is 4.79 Å². The highest BCUT2D eigenvalue weighted by Gasteiger charge is 2.35. The minimum absolute atomic E-state index is 0.241. The Labute approximate surface area is 109 Å². The van der Waals surface area contributed by atoms with Crippen molar-refractivity contribution in [1.29, 1.82) is 0 Å². The Kier molecular flexibility index (Phi) is 5.44. The quantitative estimate of drug-likeness (QED) is 0.259. The van der Waals surface area contributed by atoms with Crippen LogP contribution in [-0.2, 0) is 4.79 Å². The third-order valence-corrected chi connectivity index (χ3v) is 3.94. The van der Waals surface area contributed by atoms with Crippen LogP contribution in [0, 0.1) is 5.41 Å². The highest BCUT2D eigenvalue weighted by Crippen LogP contribution is 2.31. The monoisotopic (exact) mass is 255 g/mol. The number of amides is 1. The van der Waals surface area contributed by atoms with Crippen LogP contribution in [-0.4, -0.2) is 34.9 Å². The minimum Gasteiger partial charge on any atom is -0.409 e. The molecule has 0 aromatic carbocycles. The fourth-order valence-corrected chi connectivity index (χ4v) is 2.31. The van der Waals surface area contributed by atoms with Gasteiger partial charge in [0.05, 0.1) is 0 Å². The average molecular weight is 255 g/mol. The molecule has 18 heavy (non-hydrogen) atoms. The molecule has 5 nitrogen and oxygen atoms in total. The van der Waals surface area contributed by atoms with Crippen molar-refractivity contribution in [2.45, 2.75) is 52.4 Å². The summed E-state index contributed by atoms with van der Waals surface area (Å²) in [7, 11) is 0. The molecule has 0 bridgehead atoms. The predicted molar refractivity (Wildman–Crippen MR) is 71.5 cm³/mol. The van der Waals surface area contributed by atoms with E-state index >= 15 is 0 Å². The number of rotatable bonds is 5. The first-order valence-electron chi connectivity index (χ1n) is 6.79. The molecule has 0 saturated carbocycles. The number of hydrogen-bond donors (Lipinski definition) is 2. The number of nitrogens with two attached hydrogens (primary N) is 1. The smallest absolute Gasteiger partial charge is 0.222 e. The highest BCUT2D eigenvalue weighted by molar-refractivity contribution is 5.86. The van der Waals surface area contributed by atoms with Gasteiger partial charge in [-0.3, -0.25) is 4.79 Å². The van der Waals surface area contributed by atoms with Crippen molar-refractivity contribution in [2.24, 2.45) is 16.3 Å². The molecule has 1 aliphatic heterocycles. The van der Waals surface area contributed by atoms with Gasteiger partial charge in [-0.25, -0.2) is 0 Å². The molecule has 0 aromatic heterocycles. The Balaban J connectivity index is 2.41. The maximum Gasteiger partial charge on any atom is 0.222 e. The molecule has 0 aromatic rings. The predicted octanol–water partition coefficient (Wildman–Crippen LogP) is 1.94. The van der Waals surface area contributed by atoms with Gasteiger partial charge in [0.25, 0.3) is 0 Å². The zero-order valence-electron chi connectivity index (χ0n) is 11.5.